The van der Waals surface area contributed by atoms with Gasteiger partial charge in [-0.3, -0.25) is 4.79 Å². The first kappa shape index (κ1) is 16.8. The highest BCUT2D eigenvalue weighted by molar-refractivity contribution is 5.78. The number of aliphatic hydroxyl groups excluding tert-OH is 2. The van der Waals surface area contributed by atoms with Gasteiger partial charge in [0.05, 0.1) is 6.10 Å². The van der Waals surface area contributed by atoms with Gasteiger partial charge < -0.3 is 15.1 Å². The minimum absolute atomic E-state index is 0.0433. The third-order valence-electron chi connectivity index (χ3n) is 8.71. The van der Waals surface area contributed by atoms with Crippen LogP contribution in [0.3, 0.4) is 0 Å². The molecule has 0 aromatic heterocycles. The molecule has 24 heavy (non-hydrogen) atoms. The Balaban J connectivity index is 1.60. The summed E-state index contributed by atoms with van der Waals surface area (Å²) in [5.41, 5.74) is 0.343. The molecule has 0 bridgehead atoms. The SMILES string of the molecule is C[C@]12CC[C@H](O)C[C@@H]1CC[C@@H]1[C@@H]2CC[C@@]2(C)[C@H]1CCN2C(=O)CO. The molecule has 4 nitrogen and oxygen atoms in total. The van der Waals surface area contributed by atoms with Crippen molar-refractivity contribution >= 4 is 5.91 Å². The van der Waals surface area contributed by atoms with Crippen LogP contribution < -0.4 is 0 Å². The normalized spacial score (nSPS) is 50.8. The second-order valence-corrected chi connectivity index (χ2v) is 9.47. The third kappa shape index (κ3) is 2.21. The second kappa shape index (κ2) is 5.70. The van der Waals surface area contributed by atoms with Crippen LogP contribution in [0, 0.1) is 29.1 Å². The Hall–Kier alpha value is -0.610. The standard InChI is InChI=1S/C20H33NO3/c1-19-8-5-14(23)11-13(19)3-4-15-16(19)6-9-20(2)17(15)7-10-21(20)18(24)12-22/h13-17,22-23H,3-12H2,1-2H3/t13-,14-,15+,16-,17-,19-,20-/m0/s1. The number of carbonyl (C=O) groups excluding carboxylic acids is 1. The molecular formula is C20H33NO3. The number of likely N-dealkylation sites (tertiary alicyclic amines) is 1. The Labute approximate surface area is 145 Å². The minimum Gasteiger partial charge on any atom is -0.393 e. The van der Waals surface area contributed by atoms with E-state index in [-0.39, 0.29) is 24.2 Å². The first-order valence-corrected chi connectivity index (χ1v) is 9.99. The van der Waals surface area contributed by atoms with Gasteiger partial charge in [-0.1, -0.05) is 6.92 Å². The fourth-order valence-electron chi connectivity index (χ4n) is 7.42. The second-order valence-electron chi connectivity index (χ2n) is 9.47. The number of aliphatic hydroxyl groups is 2. The van der Waals surface area contributed by atoms with Gasteiger partial charge in [-0.15, -0.1) is 0 Å². The number of fused-ring (bicyclic) bond motifs is 5. The number of amides is 1. The van der Waals surface area contributed by atoms with Gasteiger partial charge in [-0.2, -0.15) is 0 Å². The lowest BCUT2D eigenvalue weighted by Gasteiger charge is -2.60. The maximum Gasteiger partial charge on any atom is 0.248 e. The molecule has 0 aromatic carbocycles. The lowest BCUT2D eigenvalue weighted by atomic mass is 9.46. The Morgan fingerprint density at radius 2 is 1.88 bits per heavy atom. The molecule has 4 heteroatoms. The summed E-state index contributed by atoms with van der Waals surface area (Å²) in [6, 6.07) is 0. The van der Waals surface area contributed by atoms with Gasteiger partial charge in [-0.05, 0) is 87.4 Å². The Morgan fingerprint density at radius 1 is 1.08 bits per heavy atom. The molecule has 1 heterocycles. The third-order valence-corrected chi connectivity index (χ3v) is 8.71. The average Bonchev–Trinajstić information content (AvgIpc) is 2.92. The van der Waals surface area contributed by atoms with Crippen molar-refractivity contribution in [2.75, 3.05) is 13.2 Å². The number of rotatable bonds is 1. The van der Waals surface area contributed by atoms with Crippen molar-refractivity contribution < 1.29 is 15.0 Å². The van der Waals surface area contributed by atoms with Crippen LogP contribution in [0.4, 0.5) is 0 Å². The van der Waals surface area contributed by atoms with E-state index in [1.54, 1.807) is 0 Å². The van der Waals surface area contributed by atoms with E-state index in [4.69, 9.17) is 0 Å². The molecule has 2 N–H and O–H groups in total. The zero-order valence-electron chi connectivity index (χ0n) is 15.2. The topological polar surface area (TPSA) is 60.8 Å². The number of hydrogen-bond acceptors (Lipinski definition) is 3. The van der Waals surface area contributed by atoms with E-state index in [9.17, 15) is 15.0 Å². The Morgan fingerprint density at radius 3 is 2.62 bits per heavy atom. The van der Waals surface area contributed by atoms with Crippen LogP contribution in [-0.2, 0) is 4.79 Å². The van der Waals surface area contributed by atoms with Crippen molar-refractivity contribution in [3.8, 4) is 0 Å². The summed E-state index contributed by atoms with van der Waals surface area (Å²) in [4.78, 5) is 14.2. The average molecular weight is 335 g/mol. The predicted octanol–water partition coefficient (Wildman–Crippen LogP) is 2.57. The van der Waals surface area contributed by atoms with Crippen molar-refractivity contribution in [1.82, 2.24) is 4.90 Å². The molecule has 3 aliphatic carbocycles. The van der Waals surface area contributed by atoms with Crippen molar-refractivity contribution in [2.24, 2.45) is 29.1 Å². The van der Waals surface area contributed by atoms with Gasteiger partial charge in [-0.25, -0.2) is 0 Å². The van der Waals surface area contributed by atoms with E-state index in [1.807, 2.05) is 4.90 Å². The molecule has 0 aromatic rings. The fraction of sp³-hybridized carbons (Fsp3) is 0.950. The molecule has 4 aliphatic rings. The van der Waals surface area contributed by atoms with Crippen LogP contribution in [-0.4, -0.2) is 45.8 Å². The molecule has 0 unspecified atom stereocenters. The van der Waals surface area contributed by atoms with E-state index in [0.29, 0.717) is 17.3 Å². The van der Waals surface area contributed by atoms with E-state index < -0.39 is 0 Å². The van der Waals surface area contributed by atoms with Crippen LogP contribution in [0.5, 0.6) is 0 Å². The lowest BCUT2D eigenvalue weighted by Crippen LogP contribution is -2.59. The first-order chi connectivity index (χ1) is 11.4. The summed E-state index contributed by atoms with van der Waals surface area (Å²) >= 11 is 0. The molecule has 0 spiro atoms. The predicted molar refractivity (Wildman–Crippen MR) is 92.2 cm³/mol. The van der Waals surface area contributed by atoms with Gasteiger partial charge in [0, 0.05) is 12.1 Å². The summed E-state index contributed by atoms with van der Waals surface area (Å²) < 4.78 is 0. The van der Waals surface area contributed by atoms with Gasteiger partial charge >= 0.3 is 0 Å². The lowest BCUT2D eigenvalue weighted by molar-refractivity contribution is -0.148. The van der Waals surface area contributed by atoms with E-state index >= 15 is 0 Å². The molecule has 1 saturated heterocycles. The van der Waals surface area contributed by atoms with Crippen LogP contribution >= 0.6 is 0 Å². The highest BCUT2D eigenvalue weighted by atomic mass is 16.3. The van der Waals surface area contributed by atoms with E-state index in [0.717, 1.165) is 44.1 Å². The summed E-state index contributed by atoms with van der Waals surface area (Å²) in [5, 5.41) is 19.4. The highest BCUT2D eigenvalue weighted by Crippen LogP contribution is 2.63. The zero-order valence-corrected chi connectivity index (χ0v) is 15.2. The summed E-state index contributed by atoms with van der Waals surface area (Å²) in [7, 11) is 0. The largest absolute Gasteiger partial charge is 0.393 e. The molecule has 3 saturated carbocycles. The maximum absolute atomic E-state index is 12.2. The molecular weight excluding hydrogens is 302 g/mol. The molecule has 136 valence electrons. The molecule has 4 fully saturated rings. The Kier molecular flexibility index (Phi) is 4.00. The minimum atomic E-state index is -0.353. The number of nitrogens with zero attached hydrogens (tertiary/aromatic N) is 1. The highest BCUT2D eigenvalue weighted by Gasteiger charge is 2.60. The number of hydrogen-bond donors (Lipinski definition) is 2. The quantitative estimate of drug-likeness (QED) is 0.774. The van der Waals surface area contributed by atoms with E-state index in [2.05, 4.69) is 13.8 Å². The van der Waals surface area contributed by atoms with Gasteiger partial charge in [0.25, 0.3) is 0 Å². The Bertz CT molecular complexity index is 523. The van der Waals surface area contributed by atoms with Crippen molar-refractivity contribution in [2.45, 2.75) is 76.9 Å². The van der Waals surface area contributed by atoms with Crippen molar-refractivity contribution in [1.29, 1.82) is 0 Å². The summed E-state index contributed by atoms with van der Waals surface area (Å²) in [6.07, 6.45) is 8.94. The van der Waals surface area contributed by atoms with Crippen molar-refractivity contribution in [3.63, 3.8) is 0 Å². The molecule has 7 atom stereocenters. The molecule has 4 rings (SSSR count). The van der Waals surface area contributed by atoms with Crippen molar-refractivity contribution in [3.05, 3.63) is 0 Å². The smallest absolute Gasteiger partial charge is 0.248 e. The van der Waals surface area contributed by atoms with Gasteiger partial charge in [0.15, 0.2) is 0 Å². The van der Waals surface area contributed by atoms with Gasteiger partial charge in [0.1, 0.15) is 6.61 Å². The van der Waals surface area contributed by atoms with Crippen LogP contribution in [0.15, 0.2) is 0 Å². The molecule has 1 amide bonds. The molecule has 1 aliphatic heterocycles. The monoisotopic (exact) mass is 335 g/mol. The molecule has 0 radical (unpaired) electrons. The fourth-order valence-corrected chi connectivity index (χ4v) is 7.42. The first-order valence-electron chi connectivity index (χ1n) is 9.99. The summed E-state index contributed by atoms with van der Waals surface area (Å²) in [6.45, 7) is 5.23. The van der Waals surface area contributed by atoms with E-state index in [1.165, 1.54) is 25.7 Å². The van der Waals surface area contributed by atoms with Gasteiger partial charge in [0.2, 0.25) is 5.91 Å². The van der Waals surface area contributed by atoms with Crippen LogP contribution in [0.2, 0.25) is 0 Å². The van der Waals surface area contributed by atoms with Crippen LogP contribution in [0.25, 0.3) is 0 Å². The maximum atomic E-state index is 12.2. The van der Waals surface area contributed by atoms with Crippen LogP contribution in [0.1, 0.15) is 65.2 Å². The summed E-state index contributed by atoms with van der Waals surface area (Å²) in [5.74, 6) is 2.67. The number of carbonyl (C=O) groups is 1. The zero-order chi connectivity index (χ0) is 17.1.